The second-order valence-electron chi connectivity index (χ2n) is 13.9. The van der Waals surface area contributed by atoms with Crippen LogP contribution in [-0.2, 0) is 27.3 Å². The van der Waals surface area contributed by atoms with Crippen molar-refractivity contribution in [1.82, 2.24) is 34.9 Å². The van der Waals surface area contributed by atoms with E-state index < -0.39 is 23.2 Å². The second-order valence-corrected chi connectivity index (χ2v) is 14.7. The van der Waals surface area contributed by atoms with Crippen molar-refractivity contribution in [3.05, 3.63) is 64.2 Å². The van der Waals surface area contributed by atoms with Crippen LogP contribution in [0.2, 0.25) is 0 Å². The van der Waals surface area contributed by atoms with Crippen molar-refractivity contribution < 1.29 is 23.6 Å². The third-order valence-electron chi connectivity index (χ3n) is 10.3. The molecule has 12 nitrogen and oxygen atoms in total. The number of aryl methyl sites for hydroxylation is 2. The van der Waals surface area contributed by atoms with Gasteiger partial charge in [-0.1, -0.05) is 19.8 Å². The standard InChI is InChI=1S/C36H38BrFN8O4/c1-19-7-5-4-6-8-22-9-23(24-15-39-21(3)40-16-24)10-26-32(20(2)47)44-45(33(22)26)17-31(48)46-27(13-36(14-28(36)46)18-41-34(19)49)35(50)43-30-12-25(38)11-29(37)42-30/h9-12,15-16,19,27-28H,4-8,13-14,17-18H2,1-3H3,(H,41,49)(H,42,43,50)/t19-,27+,28-,36+/m1/s1. The molecule has 7 rings (SSSR count). The largest absolute Gasteiger partial charge is 0.355 e. The van der Waals surface area contributed by atoms with Gasteiger partial charge in [0.15, 0.2) is 5.78 Å². The summed E-state index contributed by atoms with van der Waals surface area (Å²) in [5, 5.41) is 11.1. The van der Waals surface area contributed by atoms with Crippen LogP contribution in [0.3, 0.4) is 0 Å². The summed E-state index contributed by atoms with van der Waals surface area (Å²) in [7, 11) is 0. The number of ketones is 1. The number of Topliss-reactive ketones (excluding diaryl/α,β-unsaturated/α-hetero) is 1. The van der Waals surface area contributed by atoms with E-state index in [1.165, 1.54) is 13.0 Å². The first-order valence-corrected chi connectivity index (χ1v) is 17.8. The summed E-state index contributed by atoms with van der Waals surface area (Å²) < 4.78 is 16.0. The van der Waals surface area contributed by atoms with E-state index in [1.807, 2.05) is 19.9 Å². The Balaban J connectivity index is 1.29. The molecule has 260 valence electrons. The van der Waals surface area contributed by atoms with E-state index in [4.69, 9.17) is 5.10 Å². The lowest BCUT2D eigenvalue weighted by molar-refractivity contribution is -0.138. The number of halogens is 2. The number of carbonyl (C=O) groups excluding carboxylic acids is 4. The van der Waals surface area contributed by atoms with Crippen LogP contribution in [0.15, 0.2) is 41.3 Å². The average Bonchev–Trinajstić information content (AvgIpc) is 3.47. The molecule has 1 aliphatic carbocycles. The van der Waals surface area contributed by atoms with Gasteiger partial charge in [-0.3, -0.25) is 23.9 Å². The highest BCUT2D eigenvalue weighted by Gasteiger charge is 2.67. The first-order valence-electron chi connectivity index (χ1n) is 17.0. The topological polar surface area (TPSA) is 152 Å². The predicted molar refractivity (Wildman–Crippen MR) is 186 cm³/mol. The summed E-state index contributed by atoms with van der Waals surface area (Å²) in [5.41, 5.74) is 3.06. The predicted octanol–water partition coefficient (Wildman–Crippen LogP) is 5.17. The summed E-state index contributed by atoms with van der Waals surface area (Å²) in [5.74, 6) is -1.21. The quantitative estimate of drug-likeness (QED) is 0.215. The maximum absolute atomic E-state index is 14.4. The van der Waals surface area contributed by atoms with Crippen molar-refractivity contribution in [2.75, 3.05) is 11.9 Å². The molecule has 0 spiro atoms. The number of hydrogen-bond donors (Lipinski definition) is 2. The van der Waals surface area contributed by atoms with Crippen LogP contribution in [0.1, 0.15) is 74.2 Å². The molecule has 5 heterocycles. The highest BCUT2D eigenvalue weighted by molar-refractivity contribution is 9.10. The molecular formula is C36H38BrFN8O4. The molecule has 4 aromatic rings. The van der Waals surface area contributed by atoms with Gasteiger partial charge in [-0.2, -0.15) is 5.10 Å². The van der Waals surface area contributed by atoms with Crippen molar-refractivity contribution in [1.29, 1.82) is 0 Å². The smallest absolute Gasteiger partial charge is 0.248 e. The zero-order valence-electron chi connectivity index (χ0n) is 28.1. The Kier molecular flexibility index (Phi) is 8.99. The lowest BCUT2D eigenvalue weighted by Crippen LogP contribution is -2.46. The lowest BCUT2D eigenvalue weighted by Gasteiger charge is -2.27. The van der Waals surface area contributed by atoms with Gasteiger partial charge in [0, 0.05) is 66.3 Å². The molecular weight excluding hydrogens is 707 g/mol. The van der Waals surface area contributed by atoms with Crippen LogP contribution in [0, 0.1) is 24.1 Å². The number of benzene rings is 1. The molecule has 3 aliphatic rings. The average molecular weight is 746 g/mol. The van der Waals surface area contributed by atoms with Gasteiger partial charge in [0.05, 0.1) is 5.52 Å². The fourth-order valence-corrected chi connectivity index (χ4v) is 8.02. The number of piperidine rings is 1. The molecule has 2 fully saturated rings. The van der Waals surface area contributed by atoms with Gasteiger partial charge in [0.1, 0.15) is 40.3 Å². The Hall–Kier alpha value is -4.59. The first kappa shape index (κ1) is 33.9. The van der Waals surface area contributed by atoms with Crippen LogP contribution in [0.25, 0.3) is 22.0 Å². The Bertz CT molecular complexity index is 2010. The fraction of sp³-hybridized carbons (Fsp3) is 0.444. The number of anilines is 1. The number of hydrogen-bond acceptors (Lipinski definition) is 8. The van der Waals surface area contributed by atoms with Crippen LogP contribution < -0.4 is 10.6 Å². The van der Waals surface area contributed by atoms with E-state index in [0.29, 0.717) is 42.5 Å². The minimum Gasteiger partial charge on any atom is -0.355 e. The molecule has 3 aromatic heterocycles. The number of pyridine rings is 1. The van der Waals surface area contributed by atoms with Crippen molar-refractivity contribution >= 4 is 56.2 Å². The third kappa shape index (κ3) is 6.52. The SMILES string of the molecule is CC(=O)c1nn2c3c(cc(-c4cnc(C)nc4)cc13)CCCCC[C@@H](C)C(=O)NC[C@@]13C[C@@H](C(=O)Nc4cc(F)cc(Br)n4)N(C(=O)C2)[C@@H]1C3. The van der Waals surface area contributed by atoms with E-state index in [0.717, 1.165) is 48.4 Å². The highest BCUT2D eigenvalue weighted by Crippen LogP contribution is 2.59. The first-order chi connectivity index (χ1) is 23.9. The molecule has 1 aromatic carbocycles. The van der Waals surface area contributed by atoms with Gasteiger partial charge in [-0.05, 0) is 78.2 Å². The van der Waals surface area contributed by atoms with E-state index in [9.17, 15) is 23.6 Å². The van der Waals surface area contributed by atoms with Gasteiger partial charge in [-0.25, -0.2) is 19.3 Å². The zero-order chi connectivity index (χ0) is 35.3. The molecule has 14 heteroatoms. The summed E-state index contributed by atoms with van der Waals surface area (Å²) >= 11 is 3.16. The van der Waals surface area contributed by atoms with Crippen molar-refractivity contribution in [2.24, 2.45) is 11.3 Å². The monoisotopic (exact) mass is 744 g/mol. The van der Waals surface area contributed by atoms with Gasteiger partial charge in [0.25, 0.3) is 0 Å². The molecule has 4 atom stereocenters. The Labute approximate surface area is 296 Å². The molecule has 2 bridgehead atoms. The van der Waals surface area contributed by atoms with E-state index >= 15 is 0 Å². The van der Waals surface area contributed by atoms with E-state index in [2.05, 4.69) is 47.6 Å². The zero-order valence-corrected chi connectivity index (χ0v) is 29.7. The normalized spacial score (nSPS) is 24.0. The second kappa shape index (κ2) is 13.3. The van der Waals surface area contributed by atoms with E-state index in [-0.39, 0.29) is 52.2 Å². The van der Waals surface area contributed by atoms with Crippen molar-refractivity contribution in [3.8, 4) is 11.1 Å². The minimum atomic E-state index is -0.889. The summed E-state index contributed by atoms with van der Waals surface area (Å²) in [6.07, 6.45) is 8.45. The van der Waals surface area contributed by atoms with Gasteiger partial charge in [-0.15, -0.1) is 0 Å². The maximum atomic E-state index is 14.4. The highest BCUT2D eigenvalue weighted by atomic mass is 79.9. The molecule has 1 saturated carbocycles. The van der Waals surface area contributed by atoms with Gasteiger partial charge < -0.3 is 15.5 Å². The van der Waals surface area contributed by atoms with Crippen LogP contribution in [-0.4, -0.2) is 71.8 Å². The van der Waals surface area contributed by atoms with Crippen LogP contribution in [0.5, 0.6) is 0 Å². The number of nitrogens with zero attached hydrogens (tertiary/aromatic N) is 6. The van der Waals surface area contributed by atoms with Crippen LogP contribution >= 0.6 is 15.9 Å². The lowest BCUT2D eigenvalue weighted by atomic mass is 9.95. The Morgan fingerprint density at radius 2 is 1.84 bits per heavy atom. The number of rotatable bonds is 4. The number of carbonyl (C=O) groups is 4. The molecule has 3 amide bonds. The third-order valence-corrected chi connectivity index (χ3v) is 10.7. The molecule has 50 heavy (non-hydrogen) atoms. The van der Waals surface area contributed by atoms with Crippen molar-refractivity contribution in [3.63, 3.8) is 0 Å². The maximum Gasteiger partial charge on any atom is 0.248 e. The molecule has 2 aliphatic heterocycles. The molecule has 2 N–H and O–H groups in total. The number of aromatic nitrogens is 5. The van der Waals surface area contributed by atoms with E-state index in [1.54, 1.807) is 22.0 Å². The van der Waals surface area contributed by atoms with Gasteiger partial charge >= 0.3 is 0 Å². The number of nitrogens with one attached hydrogen (secondary N) is 2. The molecule has 0 unspecified atom stereocenters. The molecule has 0 radical (unpaired) electrons. The summed E-state index contributed by atoms with van der Waals surface area (Å²) in [6, 6.07) is 5.08. The molecule has 1 saturated heterocycles. The fourth-order valence-electron chi connectivity index (χ4n) is 7.61. The Morgan fingerprint density at radius 1 is 1.06 bits per heavy atom. The van der Waals surface area contributed by atoms with Crippen molar-refractivity contribution in [2.45, 2.75) is 84.3 Å². The summed E-state index contributed by atoms with van der Waals surface area (Å²) in [4.78, 5) is 68.8. The summed E-state index contributed by atoms with van der Waals surface area (Å²) in [6.45, 7) is 5.34. The Morgan fingerprint density at radius 3 is 2.58 bits per heavy atom. The van der Waals surface area contributed by atoms with Gasteiger partial charge in [0.2, 0.25) is 17.7 Å². The minimum absolute atomic E-state index is 0.0177. The van der Waals surface area contributed by atoms with Crippen LogP contribution in [0.4, 0.5) is 10.2 Å². The number of amides is 3.